The molecule has 0 saturated heterocycles. The van der Waals surface area contributed by atoms with Crippen molar-refractivity contribution in [1.29, 1.82) is 0 Å². The average molecular weight is 290 g/mol. The van der Waals surface area contributed by atoms with E-state index in [1.54, 1.807) is 6.20 Å². The fraction of sp³-hybridized carbons (Fsp3) is 0.438. The molecule has 1 aromatic heterocycles. The molecule has 2 atom stereocenters. The number of nitrogens with two attached hydrogens (primary N) is 1. The van der Waals surface area contributed by atoms with Gasteiger partial charge in [0.05, 0.1) is 23.0 Å². The van der Waals surface area contributed by atoms with Gasteiger partial charge in [-0.25, -0.2) is 0 Å². The van der Waals surface area contributed by atoms with Gasteiger partial charge in [0.1, 0.15) is 0 Å². The topological polar surface area (TPSA) is 43.8 Å². The Balaban J connectivity index is 1.99. The van der Waals surface area contributed by atoms with Crippen LogP contribution >= 0.6 is 11.6 Å². The summed E-state index contributed by atoms with van der Waals surface area (Å²) in [6.45, 7) is 4.20. The van der Waals surface area contributed by atoms with E-state index in [9.17, 15) is 0 Å². The van der Waals surface area contributed by atoms with E-state index < -0.39 is 0 Å². The summed E-state index contributed by atoms with van der Waals surface area (Å²) in [7, 11) is 0. The quantitative estimate of drug-likeness (QED) is 0.933. The van der Waals surface area contributed by atoms with E-state index in [1.807, 2.05) is 4.68 Å². The Labute approximate surface area is 124 Å². The monoisotopic (exact) mass is 289 g/mol. The minimum atomic E-state index is -0.101. The Morgan fingerprint density at radius 2 is 2.10 bits per heavy atom. The molecular weight excluding hydrogens is 270 g/mol. The van der Waals surface area contributed by atoms with Gasteiger partial charge in [-0.15, -0.1) is 0 Å². The van der Waals surface area contributed by atoms with E-state index in [2.05, 4.69) is 43.2 Å². The first-order chi connectivity index (χ1) is 9.59. The summed E-state index contributed by atoms with van der Waals surface area (Å²) in [6, 6.07) is 8.74. The van der Waals surface area contributed by atoms with Gasteiger partial charge in [0.25, 0.3) is 0 Å². The second-order valence-corrected chi connectivity index (χ2v) is 6.19. The van der Waals surface area contributed by atoms with Crippen LogP contribution in [0.5, 0.6) is 0 Å². The van der Waals surface area contributed by atoms with E-state index in [4.69, 9.17) is 17.3 Å². The zero-order valence-electron chi connectivity index (χ0n) is 11.9. The molecule has 0 aliphatic heterocycles. The SMILES string of the molecule is CC(C)n1ncc(Cl)c1C(N)C1CCc2ccccc21. The van der Waals surface area contributed by atoms with E-state index >= 15 is 0 Å². The summed E-state index contributed by atoms with van der Waals surface area (Å²) < 4.78 is 1.95. The third-order valence-corrected chi connectivity index (χ3v) is 4.50. The molecule has 2 aromatic rings. The molecule has 1 aromatic carbocycles. The average Bonchev–Trinajstić information content (AvgIpc) is 3.01. The summed E-state index contributed by atoms with van der Waals surface area (Å²) in [5.74, 6) is 0.331. The molecule has 20 heavy (non-hydrogen) atoms. The molecule has 0 spiro atoms. The molecule has 1 heterocycles. The molecule has 0 bridgehead atoms. The molecule has 1 aliphatic carbocycles. The minimum Gasteiger partial charge on any atom is -0.322 e. The molecule has 1 aliphatic rings. The maximum absolute atomic E-state index is 6.55. The van der Waals surface area contributed by atoms with E-state index in [0.29, 0.717) is 10.9 Å². The maximum Gasteiger partial charge on any atom is 0.0834 e. The number of halogens is 1. The molecular formula is C16H20ClN3. The number of hydrogen-bond acceptors (Lipinski definition) is 2. The first kappa shape index (κ1) is 13.7. The lowest BCUT2D eigenvalue weighted by molar-refractivity contribution is 0.452. The number of aromatic nitrogens is 2. The second kappa shape index (κ2) is 5.23. The Hall–Kier alpha value is -1.32. The number of aryl methyl sites for hydroxylation is 1. The lowest BCUT2D eigenvalue weighted by Crippen LogP contribution is -2.23. The Bertz CT molecular complexity index is 618. The van der Waals surface area contributed by atoms with Crippen LogP contribution in [0, 0.1) is 0 Å². The number of hydrogen-bond donors (Lipinski definition) is 1. The Morgan fingerprint density at radius 3 is 2.85 bits per heavy atom. The molecule has 2 unspecified atom stereocenters. The van der Waals surface area contributed by atoms with Gasteiger partial charge in [0, 0.05) is 12.0 Å². The van der Waals surface area contributed by atoms with Crippen molar-refractivity contribution >= 4 is 11.6 Å². The van der Waals surface area contributed by atoms with Crippen LogP contribution in [0.2, 0.25) is 5.02 Å². The van der Waals surface area contributed by atoms with Crippen molar-refractivity contribution in [1.82, 2.24) is 9.78 Å². The first-order valence-electron chi connectivity index (χ1n) is 7.16. The smallest absolute Gasteiger partial charge is 0.0834 e. The van der Waals surface area contributed by atoms with Crippen LogP contribution in [0.25, 0.3) is 0 Å². The first-order valence-corrected chi connectivity index (χ1v) is 7.53. The maximum atomic E-state index is 6.55. The summed E-state index contributed by atoms with van der Waals surface area (Å²) in [6.07, 6.45) is 3.89. The number of benzene rings is 1. The Kier molecular flexibility index (Phi) is 3.57. The van der Waals surface area contributed by atoms with Crippen molar-refractivity contribution in [3.05, 3.63) is 52.3 Å². The van der Waals surface area contributed by atoms with Crippen molar-refractivity contribution in [2.45, 2.75) is 44.7 Å². The van der Waals surface area contributed by atoms with Crippen molar-refractivity contribution in [3.8, 4) is 0 Å². The summed E-state index contributed by atoms with van der Waals surface area (Å²) in [4.78, 5) is 0. The fourth-order valence-corrected chi connectivity index (χ4v) is 3.48. The summed E-state index contributed by atoms with van der Waals surface area (Å²) >= 11 is 6.33. The van der Waals surface area contributed by atoms with Crippen LogP contribution in [-0.4, -0.2) is 9.78 Å². The number of nitrogens with zero attached hydrogens (tertiary/aromatic N) is 2. The van der Waals surface area contributed by atoms with Gasteiger partial charge in [-0.1, -0.05) is 35.9 Å². The van der Waals surface area contributed by atoms with Crippen molar-refractivity contribution < 1.29 is 0 Å². The zero-order chi connectivity index (χ0) is 14.3. The largest absolute Gasteiger partial charge is 0.322 e. The van der Waals surface area contributed by atoms with E-state index in [-0.39, 0.29) is 12.1 Å². The predicted molar refractivity (Wildman–Crippen MR) is 82.1 cm³/mol. The molecule has 2 N–H and O–H groups in total. The molecule has 0 amide bonds. The van der Waals surface area contributed by atoms with Crippen LogP contribution in [0.15, 0.2) is 30.5 Å². The van der Waals surface area contributed by atoms with Gasteiger partial charge < -0.3 is 5.73 Å². The van der Waals surface area contributed by atoms with Crippen molar-refractivity contribution in [3.63, 3.8) is 0 Å². The highest BCUT2D eigenvalue weighted by Crippen LogP contribution is 2.42. The molecule has 0 fully saturated rings. The summed E-state index contributed by atoms with van der Waals surface area (Å²) in [5, 5.41) is 5.04. The fourth-order valence-electron chi connectivity index (χ4n) is 3.23. The van der Waals surface area contributed by atoms with Gasteiger partial charge in [-0.05, 0) is 37.8 Å². The minimum absolute atomic E-state index is 0.101. The van der Waals surface area contributed by atoms with Crippen LogP contribution in [0.4, 0.5) is 0 Å². The van der Waals surface area contributed by atoms with E-state index in [1.165, 1.54) is 11.1 Å². The highest BCUT2D eigenvalue weighted by atomic mass is 35.5. The van der Waals surface area contributed by atoms with Gasteiger partial charge >= 0.3 is 0 Å². The molecule has 3 rings (SSSR count). The van der Waals surface area contributed by atoms with Crippen LogP contribution in [-0.2, 0) is 6.42 Å². The third-order valence-electron chi connectivity index (χ3n) is 4.20. The van der Waals surface area contributed by atoms with Crippen LogP contribution < -0.4 is 5.73 Å². The normalized spacial score (nSPS) is 19.4. The van der Waals surface area contributed by atoms with Gasteiger partial charge in [0.2, 0.25) is 0 Å². The summed E-state index contributed by atoms with van der Waals surface area (Å²) in [5.41, 5.74) is 10.3. The van der Waals surface area contributed by atoms with Crippen LogP contribution in [0.3, 0.4) is 0 Å². The van der Waals surface area contributed by atoms with E-state index in [0.717, 1.165) is 18.5 Å². The van der Waals surface area contributed by atoms with Crippen LogP contribution in [0.1, 0.15) is 55.1 Å². The highest BCUT2D eigenvalue weighted by Gasteiger charge is 2.31. The lowest BCUT2D eigenvalue weighted by atomic mass is 9.91. The standard InChI is InChI=1S/C16H20ClN3/c1-10(2)20-16(14(17)9-19-20)15(18)13-8-7-11-5-3-4-6-12(11)13/h3-6,9-10,13,15H,7-8,18H2,1-2H3. The molecule has 3 nitrogen and oxygen atoms in total. The van der Waals surface area contributed by atoms with Gasteiger partial charge in [0.15, 0.2) is 0 Å². The van der Waals surface area contributed by atoms with Crippen molar-refractivity contribution in [2.75, 3.05) is 0 Å². The van der Waals surface area contributed by atoms with Crippen molar-refractivity contribution in [2.24, 2.45) is 5.73 Å². The highest BCUT2D eigenvalue weighted by molar-refractivity contribution is 6.31. The lowest BCUT2D eigenvalue weighted by Gasteiger charge is -2.23. The number of rotatable bonds is 3. The predicted octanol–water partition coefficient (Wildman–Crippen LogP) is 3.85. The zero-order valence-corrected chi connectivity index (χ0v) is 12.6. The third kappa shape index (κ3) is 2.15. The molecule has 0 saturated carbocycles. The molecule has 106 valence electrons. The Morgan fingerprint density at radius 1 is 1.35 bits per heavy atom. The molecule has 4 heteroatoms. The number of fused-ring (bicyclic) bond motifs is 1. The molecule has 0 radical (unpaired) electrons. The van der Waals surface area contributed by atoms with Gasteiger partial charge in [-0.3, -0.25) is 4.68 Å². The second-order valence-electron chi connectivity index (χ2n) is 5.79. The van der Waals surface area contributed by atoms with Gasteiger partial charge in [-0.2, -0.15) is 5.10 Å².